The summed E-state index contributed by atoms with van der Waals surface area (Å²) >= 11 is 0. The zero-order valence-corrected chi connectivity index (χ0v) is 16.9. The highest BCUT2D eigenvalue weighted by Gasteiger charge is 2.47. The van der Waals surface area contributed by atoms with Gasteiger partial charge in [-0.2, -0.15) is 18.3 Å². The van der Waals surface area contributed by atoms with Crippen LogP contribution in [0, 0.1) is 5.92 Å². The molecule has 10 heteroatoms. The van der Waals surface area contributed by atoms with Gasteiger partial charge in [0, 0.05) is 31.1 Å². The molecule has 0 aliphatic carbocycles. The number of alkyl halides is 3. The Balaban J connectivity index is 1.79. The van der Waals surface area contributed by atoms with Crippen LogP contribution in [0.5, 0.6) is 0 Å². The lowest BCUT2D eigenvalue weighted by molar-refractivity contribution is -0.174. The van der Waals surface area contributed by atoms with Gasteiger partial charge in [0.1, 0.15) is 5.82 Å². The second kappa shape index (κ2) is 7.70. The minimum atomic E-state index is -4.37. The number of hydrogen-bond donors (Lipinski definition) is 1. The first-order valence-corrected chi connectivity index (χ1v) is 11.1. The Labute approximate surface area is 163 Å². The lowest BCUT2D eigenvalue weighted by Crippen LogP contribution is -2.41. The highest BCUT2D eigenvalue weighted by Crippen LogP contribution is 2.42. The highest BCUT2D eigenvalue weighted by molar-refractivity contribution is 7.89. The average Bonchev–Trinajstić information content (AvgIpc) is 3.04. The summed E-state index contributed by atoms with van der Waals surface area (Å²) in [6.45, 7) is 7.95. The summed E-state index contributed by atoms with van der Waals surface area (Å²) < 4.78 is 67.5. The van der Waals surface area contributed by atoms with Crippen LogP contribution in [0.2, 0.25) is 0 Å². The maximum Gasteiger partial charge on any atom is 0.410 e. The van der Waals surface area contributed by atoms with Crippen molar-refractivity contribution in [3.8, 4) is 0 Å². The van der Waals surface area contributed by atoms with Crippen molar-refractivity contribution in [2.24, 2.45) is 5.92 Å². The average molecular weight is 421 g/mol. The molecule has 0 unspecified atom stereocenters. The first-order valence-electron chi connectivity index (χ1n) is 9.54. The molecule has 0 amide bonds. The van der Waals surface area contributed by atoms with Gasteiger partial charge in [-0.15, -0.1) is 6.58 Å². The molecule has 0 bridgehead atoms. The normalized spacial score (nSPS) is 24.8. The number of anilines is 1. The number of nitrogens with one attached hydrogen (secondary N) is 1. The van der Waals surface area contributed by atoms with Crippen LogP contribution in [-0.2, 0) is 10.0 Å². The van der Waals surface area contributed by atoms with Gasteiger partial charge < -0.3 is 5.32 Å². The smallest absolute Gasteiger partial charge is 0.367 e. The summed E-state index contributed by atoms with van der Waals surface area (Å²) in [5, 5.41) is 7.48. The summed E-state index contributed by atoms with van der Waals surface area (Å²) in [5.41, 5.74) is 0.599. The van der Waals surface area contributed by atoms with E-state index in [4.69, 9.17) is 0 Å². The van der Waals surface area contributed by atoms with Gasteiger partial charge in [-0.1, -0.05) is 19.9 Å². The Kier molecular flexibility index (Phi) is 5.82. The number of hydrogen-bond acceptors (Lipinski definition) is 4. The topological polar surface area (TPSA) is 67.2 Å². The summed E-state index contributed by atoms with van der Waals surface area (Å²) in [6, 6.07) is -0.209. The fraction of sp³-hybridized carbons (Fsp3) is 0.722. The van der Waals surface area contributed by atoms with E-state index < -0.39 is 22.2 Å². The van der Waals surface area contributed by atoms with Gasteiger partial charge in [0.05, 0.1) is 11.4 Å². The van der Waals surface area contributed by atoms with Crippen LogP contribution < -0.4 is 5.32 Å². The number of nitrogens with zero attached hydrogens (tertiary/aromatic N) is 3. The fourth-order valence-corrected chi connectivity index (χ4v) is 5.22. The largest absolute Gasteiger partial charge is 0.410 e. The Hall–Kier alpha value is -1.55. The zero-order valence-electron chi connectivity index (χ0n) is 16.1. The molecule has 0 aromatic carbocycles. The molecule has 1 fully saturated rings. The van der Waals surface area contributed by atoms with Crippen molar-refractivity contribution >= 4 is 15.8 Å². The van der Waals surface area contributed by atoms with E-state index in [1.54, 1.807) is 6.07 Å². The predicted octanol–water partition coefficient (Wildman–Crippen LogP) is 3.52. The molecule has 1 aromatic heterocycles. The lowest BCUT2D eigenvalue weighted by Gasteiger charge is -2.35. The molecule has 3 heterocycles. The van der Waals surface area contributed by atoms with Crippen molar-refractivity contribution in [2.45, 2.75) is 57.3 Å². The van der Waals surface area contributed by atoms with E-state index in [2.05, 4.69) is 17.0 Å². The number of piperidine rings is 1. The van der Waals surface area contributed by atoms with Crippen LogP contribution in [0.3, 0.4) is 0 Å². The Morgan fingerprint density at radius 2 is 2.00 bits per heavy atom. The summed E-state index contributed by atoms with van der Waals surface area (Å²) in [7, 11) is -3.36. The van der Waals surface area contributed by atoms with Crippen molar-refractivity contribution in [1.82, 2.24) is 14.1 Å². The molecule has 1 N–H and O–H groups in total. The van der Waals surface area contributed by atoms with Crippen LogP contribution in [0.4, 0.5) is 19.0 Å². The van der Waals surface area contributed by atoms with E-state index in [-0.39, 0.29) is 30.1 Å². The van der Waals surface area contributed by atoms with Gasteiger partial charge >= 0.3 is 6.18 Å². The standard InChI is InChI=1S/C18H27F3N4O2S/c1-4-9-28(26,27)24-7-5-13(6-8-24)15-11-17-22-14(12(2)3)10-16(18(19,20)21)25(17)23-15/h4,11-14,16,22H,1,5-10H2,2-3H3/t14-,16+/m0/s1. The molecule has 0 spiro atoms. The van der Waals surface area contributed by atoms with Crippen molar-refractivity contribution < 1.29 is 21.6 Å². The van der Waals surface area contributed by atoms with Gasteiger partial charge in [0.25, 0.3) is 0 Å². The minimum absolute atomic E-state index is 0.0481. The predicted molar refractivity (Wildman–Crippen MR) is 102 cm³/mol. The molecule has 3 rings (SSSR count). The van der Waals surface area contributed by atoms with E-state index in [9.17, 15) is 21.6 Å². The third kappa shape index (κ3) is 4.22. The van der Waals surface area contributed by atoms with E-state index >= 15 is 0 Å². The molecular weight excluding hydrogens is 393 g/mol. The second-order valence-electron chi connectivity index (χ2n) is 7.93. The van der Waals surface area contributed by atoms with Gasteiger partial charge in [-0.05, 0) is 25.2 Å². The van der Waals surface area contributed by atoms with E-state index in [0.29, 0.717) is 37.4 Å². The fourth-order valence-electron chi connectivity index (χ4n) is 3.94. The van der Waals surface area contributed by atoms with Gasteiger partial charge in [-0.3, -0.25) is 0 Å². The van der Waals surface area contributed by atoms with Gasteiger partial charge in [0.2, 0.25) is 10.0 Å². The van der Waals surface area contributed by atoms with Gasteiger partial charge in [-0.25, -0.2) is 17.4 Å². The molecule has 2 aliphatic rings. The SMILES string of the molecule is C=CCS(=O)(=O)N1CCC(c2cc3n(n2)[C@@H](C(F)(F)F)C[C@@H](C(C)C)N3)CC1. The molecule has 0 saturated carbocycles. The number of halogens is 3. The minimum Gasteiger partial charge on any atom is -0.367 e. The quantitative estimate of drug-likeness (QED) is 0.740. The van der Waals surface area contributed by atoms with E-state index in [1.807, 2.05) is 13.8 Å². The van der Waals surface area contributed by atoms with Crippen molar-refractivity contribution in [3.05, 3.63) is 24.4 Å². The molecule has 2 atom stereocenters. The molecule has 158 valence electrons. The molecule has 0 radical (unpaired) electrons. The molecule has 2 aliphatic heterocycles. The third-order valence-corrected chi connectivity index (χ3v) is 7.45. The molecular formula is C18H27F3N4O2S. The van der Waals surface area contributed by atoms with Crippen molar-refractivity contribution in [1.29, 1.82) is 0 Å². The summed E-state index contributed by atoms with van der Waals surface area (Å²) in [5.74, 6) is 0.296. The number of aromatic nitrogens is 2. The summed E-state index contributed by atoms with van der Waals surface area (Å²) in [4.78, 5) is 0. The van der Waals surface area contributed by atoms with Crippen LogP contribution in [0.15, 0.2) is 18.7 Å². The first-order chi connectivity index (χ1) is 13.0. The molecule has 1 saturated heterocycles. The molecule has 1 aromatic rings. The maximum atomic E-state index is 13.6. The van der Waals surface area contributed by atoms with Crippen LogP contribution >= 0.6 is 0 Å². The van der Waals surface area contributed by atoms with Crippen molar-refractivity contribution in [2.75, 3.05) is 24.2 Å². The Morgan fingerprint density at radius 3 is 2.54 bits per heavy atom. The monoisotopic (exact) mass is 420 g/mol. The maximum absolute atomic E-state index is 13.6. The van der Waals surface area contributed by atoms with Crippen LogP contribution in [0.25, 0.3) is 0 Å². The number of fused-ring (bicyclic) bond motifs is 1. The van der Waals surface area contributed by atoms with Crippen molar-refractivity contribution in [3.63, 3.8) is 0 Å². The highest BCUT2D eigenvalue weighted by atomic mass is 32.2. The van der Waals surface area contributed by atoms with E-state index in [0.717, 1.165) is 4.68 Å². The number of rotatable bonds is 5. The lowest BCUT2D eigenvalue weighted by atomic mass is 9.94. The van der Waals surface area contributed by atoms with E-state index in [1.165, 1.54) is 10.4 Å². The first kappa shape index (κ1) is 21.2. The summed E-state index contributed by atoms with van der Waals surface area (Å²) in [6.07, 6.45) is -1.98. The van der Waals surface area contributed by atoms with Crippen LogP contribution in [-0.4, -0.2) is 53.6 Å². The molecule has 28 heavy (non-hydrogen) atoms. The Morgan fingerprint density at radius 1 is 1.36 bits per heavy atom. The molecule has 6 nitrogen and oxygen atoms in total. The zero-order chi connectivity index (χ0) is 20.7. The second-order valence-corrected chi connectivity index (χ2v) is 9.94. The van der Waals surface area contributed by atoms with Gasteiger partial charge in [0.15, 0.2) is 6.04 Å². The third-order valence-electron chi connectivity index (χ3n) is 5.64. The van der Waals surface area contributed by atoms with Crippen LogP contribution in [0.1, 0.15) is 50.8 Å². The number of sulfonamides is 1. The Bertz CT molecular complexity index is 811.